The molecule has 0 aliphatic carbocycles. The second-order valence-corrected chi connectivity index (χ2v) is 8.19. The van der Waals surface area contributed by atoms with Gasteiger partial charge in [0.05, 0.1) is 11.4 Å². The molecule has 0 aromatic carbocycles. The molecular formula is C12H16BrN3O2S. The number of rotatable bonds is 3. The average molecular weight is 346 g/mol. The summed E-state index contributed by atoms with van der Waals surface area (Å²) >= 11 is 3.26. The topological polar surface area (TPSA) is 64.8 Å². The van der Waals surface area contributed by atoms with E-state index in [2.05, 4.69) is 26.0 Å². The number of aromatic nitrogens is 3. The van der Waals surface area contributed by atoms with Crippen LogP contribution in [0.2, 0.25) is 0 Å². The van der Waals surface area contributed by atoms with Crippen LogP contribution >= 0.6 is 15.9 Å². The van der Waals surface area contributed by atoms with E-state index in [0.717, 1.165) is 5.39 Å². The fourth-order valence-corrected chi connectivity index (χ4v) is 3.81. The van der Waals surface area contributed by atoms with Crippen molar-refractivity contribution in [2.24, 2.45) is 0 Å². The third-order valence-electron chi connectivity index (χ3n) is 2.91. The third-order valence-corrected chi connectivity index (χ3v) is 5.94. The van der Waals surface area contributed by atoms with Crippen molar-refractivity contribution >= 4 is 36.8 Å². The minimum Gasteiger partial charge on any atom is -0.245 e. The van der Waals surface area contributed by atoms with Crippen molar-refractivity contribution in [3.8, 4) is 0 Å². The van der Waals surface area contributed by atoms with E-state index >= 15 is 0 Å². The number of nitrogens with zero attached hydrogens (tertiary/aromatic N) is 3. The molecule has 0 aliphatic heterocycles. The lowest BCUT2D eigenvalue weighted by Gasteiger charge is -2.11. The molecule has 0 aliphatic rings. The predicted molar refractivity (Wildman–Crippen MR) is 77.9 cm³/mol. The highest BCUT2D eigenvalue weighted by atomic mass is 79.9. The van der Waals surface area contributed by atoms with E-state index in [0.29, 0.717) is 10.3 Å². The normalized spacial score (nSPS) is 12.8. The van der Waals surface area contributed by atoms with Crippen LogP contribution in [0.3, 0.4) is 0 Å². The second kappa shape index (κ2) is 4.86. The number of sulfone groups is 1. The molecule has 0 unspecified atom stereocenters. The Bertz CT molecular complexity index is 720. The first kappa shape index (κ1) is 14.5. The van der Waals surface area contributed by atoms with Gasteiger partial charge in [-0.05, 0) is 49.7 Å². The molecule has 2 aromatic rings. The third kappa shape index (κ3) is 2.41. The molecule has 0 spiro atoms. The summed E-state index contributed by atoms with van der Waals surface area (Å²) in [6.45, 7) is 7.31. The van der Waals surface area contributed by atoms with Crippen LogP contribution < -0.4 is 0 Å². The molecule has 19 heavy (non-hydrogen) atoms. The highest BCUT2D eigenvalue weighted by Crippen LogP contribution is 2.28. The number of hydrogen-bond donors (Lipinski definition) is 0. The van der Waals surface area contributed by atoms with Crippen LogP contribution in [0.1, 0.15) is 33.7 Å². The van der Waals surface area contributed by atoms with E-state index < -0.39 is 15.1 Å². The molecule has 0 saturated heterocycles. The van der Waals surface area contributed by atoms with Crippen LogP contribution in [0, 0.1) is 0 Å². The molecule has 0 atom stereocenters. The number of fused-ring (bicyclic) bond motifs is 1. The Morgan fingerprint density at radius 1 is 1.26 bits per heavy atom. The summed E-state index contributed by atoms with van der Waals surface area (Å²) in [7, 11) is -3.36. The van der Waals surface area contributed by atoms with E-state index in [1.54, 1.807) is 30.8 Å². The van der Waals surface area contributed by atoms with Crippen LogP contribution in [0.4, 0.5) is 0 Å². The summed E-state index contributed by atoms with van der Waals surface area (Å²) in [5, 5.41) is 4.49. The Hall–Kier alpha value is -0.950. The Morgan fingerprint density at radius 2 is 1.89 bits per heavy atom. The minimum atomic E-state index is -3.36. The smallest absolute Gasteiger partial charge is 0.183 e. The Kier molecular flexibility index (Phi) is 3.70. The molecule has 5 nitrogen and oxygen atoms in total. The Balaban J connectivity index is 2.72. The lowest BCUT2D eigenvalue weighted by Crippen LogP contribution is -2.15. The van der Waals surface area contributed by atoms with Crippen molar-refractivity contribution in [1.29, 1.82) is 0 Å². The first-order chi connectivity index (χ1) is 8.75. The van der Waals surface area contributed by atoms with Gasteiger partial charge in [-0.15, -0.1) is 0 Å². The van der Waals surface area contributed by atoms with E-state index in [-0.39, 0.29) is 10.9 Å². The number of pyridine rings is 1. The molecule has 0 N–H and O–H groups in total. The van der Waals surface area contributed by atoms with Crippen molar-refractivity contribution in [2.45, 2.75) is 43.9 Å². The van der Waals surface area contributed by atoms with E-state index in [9.17, 15) is 8.42 Å². The van der Waals surface area contributed by atoms with Gasteiger partial charge >= 0.3 is 0 Å². The Labute approximate surface area is 121 Å². The molecule has 0 radical (unpaired) electrons. The van der Waals surface area contributed by atoms with E-state index in [1.807, 2.05) is 13.8 Å². The van der Waals surface area contributed by atoms with Crippen LogP contribution in [0.25, 0.3) is 11.0 Å². The SMILES string of the molecule is CC(C)n1ncc2cc(S(=O)(=O)C(C)C)c(Br)nc21. The van der Waals surface area contributed by atoms with Gasteiger partial charge in [0, 0.05) is 11.4 Å². The van der Waals surface area contributed by atoms with Crippen molar-refractivity contribution < 1.29 is 8.42 Å². The first-order valence-electron chi connectivity index (χ1n) is 6.02. The van der Waals surface area contributed by atoms with Crippen LogP contribution in [-0.2, 0) is 9.84 Å². The number of hydrogen-bond acceptors (Lipinski definition) is 4. The molecule has 7 heteroatoms. The first-order valence-corrected chi connectivity index (χ1v) is 8.36. The van der Waals surface area contributed by atoms with Gasteiger partial charge in [-0.25, -0.2) is 18.1 Å². The molecule has 2 aromatic heterocycles. The van der Waals surface area contributed by atoms with Crippen molar-refractivity contribution in [3.05, 3.63) is 16.9 Å². The molecule has 0 amide bonds. The zero-order chi connectivity index (χ0) is 14.4. The van der Waals surface area contributed by atoms with Gasteiger partial charge in [-0.3, -0.25) is 0 Å². The lowest BCUT2D eigenvalue weighted by molar-refractivity contribution is 0.546. The molecule has 2 rings (SSSR count). The van der Waals surface area contributed by atoms with Gasteiger partial charge in [0.25, 0.3) is 0 Å². The fourth-order valence-electron chi connectivity index (χ4n) is 1.77. The van der Waals surface area contributed by atoms with Crippen molar-refractivity contribution in [1.82, 2.24) is 14.8 Å². The van der Waals surface area contributed by atoms with E-state index in [4.69, 9.17) is 0 Å². The number of halogens is 1. The van der Waals surface area contributed by atoms with Gasteiger partial charge < -0.3 is 0 Å². The summed E-state index contributed by atoms with van der Waals surface area (Å²) in [5.41, 5.74) is 0.685. The highest BCUT2D eigenvalue weighted by molar-refractivity contribution is 9.10. The standard InChI is InChI=1S/C12H16BrN3O2S/c1-7(2)16-12-9(6-14-16)5-10(11(13)15-12)19(17,18)8(3)4/h5-8H,1-4H3. The quantitative estimate of drug-likeness (QED) is 0.802. The lowest BCUT2D eigenvalue weighted by atomic mass is 10.3. The average Bonchev–Trinajstić information content (AvgIpc) is 2.70. The van der Waals surface area contributed by atoms with E-state index in [1.165, 1.54) is 0 Å². The second-order valence-electron chi connectivity index (χ2n) is 4.97. The molecule has 104 valence electrons. The summed E-state index contributed by atoms with van der Waals surface area (Å²) in [4.78, 5) is 4.56. The minimum absolute atomic E-state index is 0.171. The molecule has 2 heterocycles. The maximum Gasteiger partial charge on any atom is 0.183 e. The Morgan fingerprint density at radius 3 is 2.42 bits per heavy atom. The van der Waals surface area contributed by atoms with Gasteiger partial charge in [0.15, 0.2) is 15.5 Å². The van der Waals surface area contributed by atoms with Crippen LogP contribution in [0.5, 0.6) is 0 Å². The zero-order valence-electron chi connectivity index (χ0n) is 11.3. The summed E-state index contributed by atoms with van der Waals surface area (Å²) < 4.78 is 26.6. The summed E-state index contributed by atoms with van der Waals surface area (Å²) in [5.74, 6) is 0. The zero-order valence-corrected chi connectivity index (χ0v) is 13.7. The van der Waals surface area contributed by atoms with Gasteiger partial charge in [0.2, 0.25) is 0 Å². The van der Waals surface area contributed by atoms with Gasteiger partial charge in [-0.2, -0.15) is 5.10 Å². The fraction of sp³-hybridized carbons (Fsp3) is 0.500. The maximum atomic E-state index is 12.2. The van der Waals surface area contributed by atoms with Gasteiger partial charge in [-0.1, -0.05) is 0 Å². The largest absolute Gasteiger partial charge is 0.245 e. The molecule has 0 fully saturated rings. The molecule has 0 bridgehead atoms. The predicted octanol–water partition coefficient (Wildman–Crippen LogP) is 2.96. The highest BCUT2D eigenvalue weighted by Gasteiger charge is 2.24. The monoisotopic (exact) mass is 345 g/mol. The van der Waals surface area contributed by atoms with Crippen LogP contribution in [0.15, 0.2) is 21.8 Å². The maximum absolute atomic E-state index is 12.2. The molecule has 0 saturated carbocycles. The summed E-state index contributed by atoms with van der Waals surface area (Å²) in [6, 6.07) is 1.80. The van der Waals surface area contributed by atoms with Crippen molar-refractivity contribution in [3.63, 3.8) is 0 Å². The molecular weight excluding hydrogens is 330 g/mol. The van der Waals surface area contributed by atoms with Gasteiger partial charge in [0.1, 0.15) is 9.50 Å². The van der Waals surface area contributed by atoms with Crippen LogP contribution in [-0.4, -0.2) is 28.4 Å². The summed E-state index contributed by atoms with van der Waals surface area (Å²) in [6.07, 6.45) is 1.65. The van der Waals surface area contributed by atoms with Crippen molar-refractivity contribution in [2.75, 3.05) is 0 Å².